The number of ether oxygens (including phenoxy) is 1. The maximum atomic E-state index is 5.54. The lowest BCUT2D eigenvalue weighted by atomic mass is 9.93. The number of hydrogen-bond donors (Lipinski definition) is 1. The summed E-state index contributed by atoms with van der Waals surface area (Å²) >= 11 is 0. The van der Waals surface area contributed by atoms with Gasteiger partial charge in [0.05, 0.1) is 6.61 Å². The Morgan fingerprint density at radius 1 is 1.43 bits per heavy atom. The zero-order chi connectivity index (χ0) is 10.6. The van der Waals surface area contributed by atoms with Crippen LogP contribution in [0.4, 0.5) is 5.82 Å². The molecule has 0 aliphatic rings. The molecular formula is C11H18N2O. The van der Waals surface area contributed by atoms with Gasteiger partial charge in [0.15, 0.2) is 0 Å². The van der Waals surface area contributed by atoms with Gasteiger partial charge in [0.25, 0.3) is 0 Å². The lowest BCUT2D eigenvalue weighted by Crippen LogP contribution is -2.11. The average molecular weight is 194 g/mol. The van der Waals surface area contributed by atoms with E-state index < -0.39 is 0 Å². The lowest BCUT2D eigenvalue weighted by molar-refractivity contribution is 0.243. The molecule has 0 saturated heterocycles. The maximum Gasteiger partial charge on any atom is 0.126 e. The molecule has 1 aromatic rings. The van der Waals surface area contributed by atoms with Gasteiger partial charge in [0, 0.05) is 12.3 Å². The third kappa shape index (κ3) is 4.12. The molecule has 1 aromatic heterocycles. The van der Waals surface area contributed by atoms with Crippen molar-refractivity contribution in [2.75, 3.05) is 12.3 Å². The Bertz CT molecular complexity index is 292. The molecule has 0 fully saturated rings. The number of aromatic nitrogens is 1. The van der Waals surface area contributed by atoms with E-state index in [9.17, 15) is 0 Å². The van der Waals surface area contributed by atoms with Crippen molar-refractivity contribution >= 4 is 5.82 Å². The summed E-state index contributed by atoms with van der Waals surface area (Å²) in [5.74, 6) is 1.29. The minimum Gasteiger partial charge on any atom is -0.493 e. The van der Waals surface area contributed by atoms with Gasteiger partial charge in [0.1, 0.15) is 11.6 Å². The molecule has 1 rings (SSSR count). The minimum absolute atomic E-state index is 0.304. The smallest absolute Gasteiger partial charge is 0.126 e. The molecule has 14 heavy (non-hydrogen) atoms. The van der Waals surface area contributed by atoms with Gasteiger partial charge in [-0.3, -0.25) is 0 Å². The Labute approximate surface area is 85.3 Å². The number of nitrogens with two attached hydrogens (primary N) is 1. The standard InChI is InChI=1S/C11H18N2O/c1-11(2,3)5-7-14-9-4-6-13-10(12)8-9/h4,6,8H,5,7H2,1-3H3,(H2,12,13). The van der Waals surface area contributed by atoms with Gasteiger partial charge in [-0.15, -0.1) is 0 Å². The lowest BCUT2D eigenvalue weighted by Gasteiger charge is -2.17. The Morgan fingerprint density at radius 3 is 2.71 bits per heavy atom. The molecule has 1 heterocycles. The molecule has 0 saturated carbocycles. The summed E-state index contributed by atoms with van der Waals surface area (Å²) < 4.78 is 5.54. The van der Waals surface area contributed by atoms with E-state index in [-0.39, 0.29) is 0 Å². The molecule has 78 valence electrons. The first-order valence-corrected chi connectivity index (χ1v) is 4.82. The monoisotopic (exact) mass is 194 g/mol. The van der Waals surface area contributed by atoms with Crippen LogP contribution in [0.2, 0.25) is 0 Å². The van der Waals surface area contributed by atoms with Crippen molar-refractivity contribution in [3.63, 3.8) is 0 Å². The van der Waals surface area contributed by atoms with Crippen LogP contribution < -0.4 is 10.5 Å². The van der Waals surface area contributed by atoms with Crippen LogP contribution in [-0.4, -0.2) is 11.6 Å². The molecule has 0 spiro atoms. The number of anilines is 1. The van der Waals surface area contributed by atoms with Gasteiger partial charge in [-0.25, -0.2) is 4.98 Å². The summed E-state index contributed by atoms with van der Waals surface area (Å²) in [7, 11) is 0. The number of rotatable bonds is 3. The molecule has 0 radical (unpaired) electrons. The molecule has 0 aromatic carbocycles. The molecule has 2 N–H and O–H groups in total. The highest BCUT2D eigenvalue weighted by molar-refractivity contribution is 5.35. The average Bonchev–Trinajstić information content (AvgIpc) is 2.01. The molecular weight excluding hydrogens is 176 g/mol. The van der Waals surface area contributed by atoms with Crippen LogP contribution in [-0.2, 0) is 0 Å². The van der Waals surface area contributed by atoms with E-state index in [1.807, 2.05) is 6.07 Å². The summed E-state index contributed by atoms with van der Waals surface area (Å²) in [6.45, 7) is 7.29. The summed E-state index contributed by atoms with van der Waals surface area (Å²) in [6.07, 6.45) is 2.68. The second-order valence-corrected chi connectivity index (χ2v) is 4.58. The zero-order valence-electron chi connectivity index (χ0n) is 9.08. The van der Waals surface area contributed by atoms with E-state index in [0.717, 1.165) is 12.2 Å². The largest absolute Gasteiger partial charge is 0.493 e. The Balaban J connectivity index is 2.39. The maximum absolute atomic E-state index is 5.54. The van der Waals surface area contributed by atoms with E-state index in [1.165, 1.54) is 0 Å². The van der Waals surface area contributed by atoms with Crippen LogP contribution >= 0.6 is 0 Å². The van der Waals surface area contributed by atoms with Crippen molar-refractivity contribution < 1.29 is 4.74 Å². The third-order valence-corrected chi connectivity index (χ3v) is 1.87. The van der Waals surface area contributed by atoms with Crippen molar-refractivity contribution in [2.45, 2.75) is 27.2 Å². The first-order valence-electron chi connectivity index (χ1n) is 4.82. The van der Waals surface area contributed by atoms with E-state index in [2.05, 4.69) is 25.8 Å². The summed E-state index contributed by atoms with van der Waals surface area (Å²) in [4.78, 5) is 3.89. The highest BCUT2D eigenvalue weighted by Crippen LogP contribution is 2.19. The SMILES string of the molecule is CC(C)(C)CCOc1ccnc(N)c1. The predicted molar refractivity (Wildman–Crippen MR) is 58.2 cm³/mol. The fourth-order valence-electron chi connectivity index (χ4n) is 0.993. The molecule has 0 amide bonds. The highest BCUT2D eigenvalue weighted by Gasteiger charge is 2.09. The first kappa shape index (κ1) is 10.8. The van der Waals surface area contributed by atoms with E-state index in [4.69, 9.17) is 10.5 Å². The van der Waals surface area contributed by atoms with Crippen molar-refractivity contribution in [1.29, 1.82) is 0 Å². The van der Waals surface area contributed by atoms with Gasteiger partial charge < -0.3 is 10.5 Å². The molecule has 0 aliphatic heterocycles. The van der Waals surface area contributed by atoms with Gasteiger partial charge >= 0.3 is 0 Å². The summed E-state index contributed by atoms with van der Waals surface area (Å²) in [5.41, 5.74) is 5.83. The van der Waals surface area contributed by atoms with Gasteiger partial charge in [-0.05, 0) is 17.9 Å². The normalized spacial score (nSPS) is 11.4. The van der Waals surface area contributed by atoms with Crippen molar-refractivity contribution in [1.82, 2.24) is 4.98 Å². The molecule has 0 unspecified atom stereocenters. The number of nitrogen functional groups attached to an aromatic ring is 1. The van der Waals surface area contributed by atoms with E-state index in [1.54, 1.807) is 12.3 Å². The molecule has 3 heteroatoms. The van der Waals surface area contributed by atoms with Crippen LogP contribution in [0.3, 0.4) is 0 Å². The molecule has 0 atom stereocenters. The van der Waals surface area contributed by atoms with Gasteiger partial charge in [-0.2, -0.15) is 0 Å². The fraction of sp³-hybridized carbons (Fsp3) is 0.545. The van der Waals surface area contributed by atoms with Crippen LogP contribution in [0.5, 0.6) is 5.75 Å². The minimum atomic E-state index is 0.304. The Morgan fingerprint density at radius 2 is 2.14 bits per heavy atom. The van der Waals surface area contributed by atoms with Crippen LogP contribution in [0.25, 0.3) is 0 Å². The summed E-state index contributed by atoms with van der Waals surface area (Å²) in [6, 6.07) is 3.56. The second kappa shape index (κ2) is 4.31. The molecule has 3 nitrogen and oxygen atoms in total. The van der Waals surface area contributed by atoms with Gasteiger partial charge in [0.2, 0.25) is 0 Å². The number of hydrogen-bond acceptors (Lipinski definition) is 3. The fourth-order valence-corrected chi connectivity index (χ4v) is 0.993. The topological polar surface area (TPSA) is 48.1 Å². The second-order valence-electron chi connectivity index (χ2n) is 4.58. The van der Waals surface area contributed by atoms with E-state index in [0.29, 0.717) is 17.8 Å². The van der Waals surface area contributed by atoms with Crippen molar-refractivity contribution in [3.8, 4) is 5.75 Å². The zero-order valence-corrected chi connectivity index (χ0v) is 9.08. The number of nitrogens with zero attached hydrogens (tertiary/aromatic N) is 1. The first-order chi connectivity index (χ1) is 6.47. The quantitative estimate of drug-likeness (QED) is 0.804. The third-order valence-electron chi connectivity index (χ3n) is 1.87. The van der Waals surface area contributed by atoms with Gasteiger partial charge in [-0.1, -0.05) is 20.8 Å². The Hall–Kier alpha value is -1.25. The van der Waals surface area contributed by atoms with E-state index >= 15 is 0 Å². The van der Waals surface area contributed by atoms with Crippen LogP contribution in [0.15, 0.2) is 18.3 Å². The predicted octanol–water partition coefficient (Wildman–Crippen LogP) is 2.48. The molecule has 0 aliphatic carbocycles. The molecule has 0 bridgehead atoms. The highest BCUT2D eigenvalue weighted by atomic mass is 16.5. The van der Waals surface area contributed by atoms with Crippen LogP contribution in [0.1, 0.15) is 27.2 Å². The van der Waals surface area contributed by atoms with Crippen LogP contribution in [0, 0.1) is 5.41 Å². The van der Waals surface area contributed by atoms with Crippen molar-refractivity contribution in [3.05, 3.63) is 18.3 Å². The summed E-state index contributed by atoms with van der Waals surface area (Å²) in [5, 5.41) is 0. The number of pyridine rings is 1. The Kier molecular flexibility index (Phi) is 3.33. The van der Waals surface area contributed by atoms with Crippen molar-refractivity contribution in [2.24, 2.45) is 5.41 Å².